The molecule has 2 heterocycles. The monoisotopic (exact) mass is 405 g/mol. The lowest BCUT2D eigenvalue weighted by molar-refractivity contribution is 0.0519. The quantitative estimate of drug-likeness (QED) is 0.558. The molecule has 0 atom stereocenters. The molecule has 0 radical (unpaired) electrons. The molecule has 0 bridgehead atoms. The molecular weight excluding hydrogens is 378 g/mol. The number of carbonyl (C=O) groups is 1. The molecule has 1 aliphatic heterocycles. The summed E-state index contributed by atoms with van der Waals surface area (Å²) >= 11 is 0. The molecule has 1 saturated heterocycles. The minimum Gasteiger partial charge on any atom is -0.461 e. The van der Waals surface area contributed by atoms with E-state index >= 15 is 0 Å². The number of hydrogen-bond donors (Lipinski definition) is 0. The Morgan fingerprint density at radius 2 is 1.63 bits per heavy atom. The summed E-state index contributed by atoms with van der Waals surface area (Å²) in [4.78, 5) is 20.5. The van der Waals surface area contributed by atoms with Crippen molar-refractivity contribution in [3.63, 3.8) is 0 Å². The molecule has 6 nitrogen and oxygen atoms in total. The van der Waals surface area contributed by atoms with Gasteiger partial charge in [0.25, 0.3) is 6.01 Å². The van der Waals surface area contributed by atoms with Gasteiger partial charge in [-0.05, 0) is 30.0 Å². The Labute approximate surface area is 177 Å². The number of rotatable bonds is 7. The maximum absolute atomic E-state index is 11.8. The first-order valence-electron chi connectivity index (χ1n) is 10.4. The second kappa shape index (κ2) is 9.59. The van der Waals surface area contributed by atoms with Crippen LogP contribution in [0.5, 0.6) is 0 Å². The number of piperazine rings is 1. The number of benzene rings is 2. The minimum absolute atomic E-state index is 0.227. The fourth-order valence-electron chi connectivity index (χ4n) is 3.66. The zero-order chi connectivity index (χ0) is 20.8. The molecule has 1 fully saturated rings. The Balaban J connectivity index is 1.27. The van der Waals surface area contributed by atoms with Crippen LogP contribution >= 0.6 is 0 Å². The van der Waals surface area contributed by atoms with Gasteiger partial charge >= 0.3 is 5.97 Å². The average Bonchev–Trinajstić information content (AvgIpc) is 3.27. The summed E-state index contributed by atoms with van der Waals surface area (Å²) in [6.07, 6.45) is 2.33. The molecule has 0 saturated carbocycles. The fraction of sp³-hybridized carbons (Fsp3) is 0.333. The Morgan fingerprint density at radius 3 is 2.33 bits per heavy atom. The van der Waals surface area contributed by atoms with Crippen molar-refractivity contribution in [1.82, 2.24) is 9.88 Å². The normalized spacial score (nSPS) is 14.6. The first-order valence-corrected chi connectivity index (χ1v) is 10.4. The van der Waals surface area contributed by atoms with Crippen LogP contribution in [0.25, 0.3) is 0 Å². The molecule has 0 aliphatic carbocycles. The summed E-state index contributed by atoms with van der Waals surface area (Å²) in [6, 6.07) is 19.9. The van der Waals surface area contributed by atoms with Crippen LogP contribution in [0.4, 0.5) is 6.01 Å². The smallest absolute Gasteiger partial charge is 0.360 e. The largest absolute Gasteiger partial charge is 0.461 e. The fourth-order valence-corrected chi connectivity index (χ4v) is 3.66. The van der Waals surface area contributed by atoms with Crippen molar-refractivity contribution in [1.29, 1.82) is 0 Å². The van der Waals surface area contributed by atoms with E-state index in [-0.39, 0.29) is 5.69 Å². The maximum atomic E-state index is 11.8. The van der Waals surface area contributed by atoms with E-state index < -0.39 is 5.97 Å². The van der Waals surface area contributed by atoms with E-state index in [0.29, 0.717) is 12.6 Å². The molecule has 30 heavy (non-hydrogen) atoms. The van der Waals surface area contributed by atoms with Crippen LogP contribution in [-0.4, -0.2) is 48.6 Å². The van der Waals surface area contributed by atoms with Gasteiger partial charge in [-0.3, -0.25) is 4.90 Å². The lowest BCUT2D eigenvalue weighted by Gasteiger charge is -2.33. The van der Waals surface area contributed by atoms with Gasteiger partial charge in [0.15, 0.2) is 5.69 Å². The number of anilines is 1. The second-order valence-electron chi connectivity index (χ2n) is 7.48. The lowest BCUT2D eigenvalue weighted by Crippen LogP contribution is -2.46. The molecule has 0 N–H and O–H groups in total. The zero-order valence-corrected chi connectivity index (χ0v) is 17.3. The van der Waals surface area contributed by atoms with Crippen molar-refractivity contribution in [2.24, 2.45) is 0 Å². The van der Waals surface area contributed by atoms with Gasteiger partial charge < -0.3 is 14.1 Å². The zero-order valence-electron chi connectivity index (χ0n) is 17.3. The van der Waals surface area contributed by atoms with Crippen LogP contribution < -0.4 is 4.90 Å². The van der Waals surface area contributed by atoms with Crippen molar-refractivity contribution in [2.45, 2.75) is 19.9 Å². The van der Waals surface area contributed by atoms with Crippen molar-refractivity contribution in [3.05, 3.63) is 83.2 Å². The van der Waals surface area contributed by atoms with Crippen LogP contribution in [0, 0.1) is 0 Å². The molecule has 1 aromatic heterocycles. The van der Waals surface area contributed by atoms with E-state index in [2.05, 4.69) is 63.3 Å². The Bertz CT molecular complexity index is 945. The van der Waals surface area contributed by atoms with Gasteiger partial charge in [-0.2, -0.15) is 4.98 Å². The topological polar surface area (TPSA) is 58.8 Å². The molecule has 4 rings (SSSR count). The first kappa shape index (κ1) is 20.2. The number of aromatic nitrogens is 1. The van der Waals surface area contributed by atoms with Crippen LogP contribution in [0.3, 0.4) is 0 Å². The van der Waals surface area contributed by atoms with Crippen molar-refractivity contribution >= 4 is 12.0 Å². The molecule has 1 aliphatic rings. The van der Waals surface area contributed by atoms with Crippen molar-refractivity contribution in [3.8, 4) is 0 Å². The van der Waals surface area contributed by atoms with Gasteiger partial charge in [-0.25, -0.2) is 4.79 Å². The number of oxazole rings is 1. The highest BCUT2D eigenvalue weighted by atomic mass is 16.5. The van der Waals surface area contributed by atoms with E-state index in [4.69, 9.17) is 9.15 Å². The van der Waals surface area contributed by atoms with Crippen molar-refractivity contribution in [2.75, 3.05) is 37.7 Å². The molecule has 3 aromatic rings. The summed E-state index contributed by atoms with van der Waals surface area (Å²) in [6.45, 7) is 6.50. The summed E-state index contributed by atoms with van der Waals surface area (Å²) in [5.74, 6) is -0.443. The van der Waals surface area contributed by atoms with Gasteiger partial charge in [0.2, 0.25) is 0 Å². The number of nitrogens with zero attached hydrogens (tertiary/aromatic N) is 3. The predicted molar refractivity (Wildman–Crippen MR) is 116 cm³/mol. The SMILES string of the molecule is CCOC(=O)c1coc(N2CCN(Cc3ccc(Cc4ccccc4)cc3)CC2)n1. The number of hydrogen-bond acceptors (Lipinski definition) is 6. The number of carbonyl (C=O) groups excluding carboxylic acids is 1. The highest BCUT2D eigenvalue weighted by Crippen LogP contribution is 2.18. The standard InChI is InChI=1S/C24H27N3O3/c1-2-29-23(28)22-18-30-24(25-22)27-14-12-26(13-15-27)17-21-10-8-20(9-11-21)16-19-6-4-3-5-7-19/h3-11,18H,2,12-17H2,1H3. The summed E-state index contributed by atoms with van der Waals surface area (Å²) in [7, 11) is 0. The summed E-state index contributed by atoms with van der Waals surface area (Å²) in [5.41, 5.74) is 4.21. The average molecular weight is 405 g/mol. The van der Waals surface area contributed by atoms with Gasteiger partial charge in [-0.1, -0.05) is 54.6 Å². The molecular formula is C24H27N3O3. The van der Waals surface area contributed by atoms with Gasteiger partial charge in [-0.15, -0.1) is 0 Å². The van der Waals surface area contributed by atoms with Crippen LogP contribution in [0.15, 0.2) is 65.3 Å². The molecule has 2 aromatic carbocycles. The minimum atomic E-state index is -0.443. The predicted octanol–water partition coefficient (Wildman–Crippen LogP) is 3.76. The van der Waals surface area contributed by atoms with Crippen LogP contribution in [-0.2, 0) is 17.7 Å². The molecule has 156 valence electrons. The van der Waals surface area contributed by atoms with E-state index in [1.165, 1.54) is 23.0 Å². The third kappa shape index (κ3) is 5.07. The van der Waals surface area contributed by atoms with Crippen LogP contribution in [0.1, 0.15) is 34.1 Å². The molecule has 6 heteroatoms. The van der Waals surface area contributed by atoms with Gasteiger partial charge in [0, 0.05) is 32.7 Å². The summed E-state index contributed by atoms with van der Waals surface area (Å²) < 4.78 is 10.4. The third-order valence-electron chi connectivity index (χ3n) is 5.30. The Morgan fingerprint density at radius 1 is 0.967 bits per heavy atom. The van der Waals surface area contributed by atoms with Crippen molar-refractivity contribution < 1.29 is 13.9 Å². The molecule has 0 unspecified atom stereocenters. The molecule has 0 amide bonds. The third-order valence-corrected chi connectivity index (χ3v) is 5.30. The number of ether oxygens (including phenoxy) is 1. The number of esters is 1. The summed E-state index contributed by atoms with van der Waals surface area (Å²) in [5, 5.41) is 0. The van der Waals surface area contributed by atoms with E-state index in [1.54, 1.807) is 6.92 Å². The van der Waals surface area contributed by atoms with E-state index in [9.17, 15) is 4.79 Å². The van der Waals surface area contributed by atoms with Gasteiger partial charge in [0.1, 0.15) is 6.26 Å². The highest BCUT2D eigenvalue weighted by Gasteiger charge is 2.22. The van der Waals surface area contributed by atoms with Crippen LogP contribution in [0.2, 0.25) is 0 Å². The first-order chi connectivity index (χ1) is 14.7. The Hall–Kier alpha value is -3.12. The second-order valence-corrected chi connectivity index (χ2v) is 7.48. The van der Waals surface area contributed by atoms with E-state index in [1.807, 2.05) is 6.07 Å². The Kier molecular flexibility index (Phi) is 6.44. The lowest BCUT2D eigenvalue weighted by atomic mass is 10.0. The highest BCUT2D eigenvalue weighted by molar-refractivity contribution is 5.87. The van der Waals surface area contributed by atoms with Gasteiger partial charge in [0.05, 0.1) is 6.61 Å². The van der Waals surface area contributed by atoms with E-state index in [0.717, 1.165) is 39.1 Å². The molecule has 0 spiro atoms. The maximum Gasteiger partial charge on any atom is 0.360 e.